The summed E-state index contributed by atoms with van der Waals surface area (Å²) in [5, 5.41) is 6.00. The Morgan fingerprint density at radius 2 is 1.72 bits per heavy atom. The molecule has 4 heterocycles. The predicted octanol–water partition coefficient (Wildman–Crippen LogP) is 0.843. The number of para-hydroxylation sites is 1. The Bertz CT molecular complexity index is 1390. The number of benzene rings is 2. The fraction of sp³-hybridized carbons (Fsp3) is 0.393. The Hall–Kier alpha value is -4.09. The number of anilines is 3. The van der Waals surface area contributed by atoms with E-state index < -0.39 is 35.2 Å². The van der Waals surface area contributed by atoms with Crippen LogP contribution >= 0.6 is 0 Å². The van der Waals surface area contributed by atoms with Gasteiger partial charge in [0.05, 0.1) is 30.7 Å². The summed E-state index contributed by atoms with van der Waals surface area (Å²) in [6.45, 7) is 4.83. The van der Waals surface area contributed by atoms with Gasteiger partial charge in [-0.2, -0.15) is 0 Å². The van der Waals surface area contributed by atoms with Crippen molar-refractivity contribution in [2.75, 3.05) is 48.0 Å². The van der Waals surface area contributed by atoms with E-state index >= 15 is 0 Å². The van der Waals surface area contributed by atoms with Gasteiger partial charge in [0, 0.05) is 43.0 Å². The molecule has 2 aromatic rings. The highest BCUT2D eigenvalue weighted by molar-refractivity contribution is 6.26. The Morgan fingerprint density at radius 3 is 2.41 bits per heavy atom. The Kier molecular flexibility index (Phi) is 6.00. The van der Waals surface area contributed by atoms with Crippen LogP contribution in [0.5, 0.6) is 0 Å². The summed E-state index contributed by atoms with van der Waals surface area (Å²) in [5.74, 6) is -3.44. The van der Waals surface area contributed by atoms with Crippen molar-refractivity contribution in [2.45, 2.75) is 25.4 Å². The van der Waals surface area contributed by atoms with Gasteiger partial charge in [-0.15, -0.1) is 0 Å². The third-order valence-electron chi connectivity index (χ3n) is 8.12. The number of fused-ring (bicyclic) bond motifs is 4. The van der Waals surface area contributed by atoms with Crippen LogP contribution in [0, 0.1) is 11.8 Å². The average molecular weight is 532 g/mol. The maximum absolute atomic E-state index is 14.3. The molecule has 3 fully saturated rings. The molecule has 5 amide bonds. The molecule has 6 rings (SSSR count). The monoisotopic (exact) mass is 531 g/mol. The van der Waals surface area contributed by atoms with E-state index in [9.17, 15) is 24.0 Å². The van der Waals surface area contributed by atoms with Gasteiger partial charge in [0.25, 0.3) is 5.91 Å². The van der Waals surface area contributed by atoms with E-state index in [2.05, 4.69) is 10.6 Å². The van der Waals surface area contributed by atoms with Gasteiger partial charge in [0.1, 0.15) is 12.1 Å². The summed E-state index contributed by atoms with van der Waals surface area (Å²) in [5.41, 5.74) is 0.589. The van der Waals surface area contributed by atoms with Crippen molar-refractivity contribution in [2.24, 2.45) is 11.8 Å². The number of morpholine rings is 1. The Morgan fingerprint density at radius 1 is 1.03 bits per heavy atom. The number of nitrogens with one attached hydrogen (secondary N) is 2. The lowest BCUT2D eigenvalue weighted by atomic mass is 9.76. The van der Waals surface area contributed by atoms with Crippen LogP contribution in [0.1, 0.15) is 19.4 Å². The molecular formula is C28H29N5O6. The molecule has 4 aliphatic heterocycles. The fourth-order valence-corrected chi connectivity index (χ4v) is 6.47. The molecule has 0 bridgehead atoms. The number of amides is 5. The second-order valence-electron chi connectivity index (χ2n) is 10.4. The third-order valence-corrected chi connectivity index (χ3v) is 8.12. The number of ether oxygens (including phenoxy) is 1. The lowest BCUT2D eigenvalue weighted by molar-refractivity contribution is -0.136. The SMILES string of the molecule is CC(=O)Nc1ccc(N2C(=O)[C@H]3[C@@H](C2=O)[C@]2(N[C@@H]3C)C(=O)N(CC(=O)N3CCOCC3)c3ccccc32)cc1. The molecule has 1 spiro atoms. The smallest absolute Gasteiger partial charge is 0.253 e. The normalized spacial score (nSPS) is 27.8. The molecule has 202 valence electrons. The number of carbonyl (C=O) groups is 5. The lowest BCUT2D eigenvalue weighted by Crippen LogP contribution is -2.56. The molecule has 0 saturated carbocycles. The third kappa shape index (κ3) is 3.75. The van der Waals surface area contributed by atoms with Crippen molar-refractivity contribution >= 4 is 46.6 Å². The van der Waals surface area contributed by atoms with Crippen molar-refractivity contribution in [3.63, 3.8) is 0 Å². The standard InChI is InChI=1S/C28H29N5O6/c1-16-23-24(26(37)33(25(23)36)19-9-7-18(8-10-19)29-17(2)34)28(30-16)20-5-3-4-6-21(20)32(27(28)38)15-22(35)31-11-13-39-14-12-31/h3-10,16,23-24,30H,11-15H2,1-2H3,(H,29,34)/t16-,23-,24+,28+/m1/s1. The van der Waals surface area contributed by atoms with Crippen LogP contribution in [0.4, 0.5) is 17.1 Å². The summed E-state index contributed by atoms with van der Waals surface area (Å²) >= 11 is 0. The van der Waals surface area contributed by atoms with Gasteiger partial charge in [-0.05, 0) is 37.3 Å². The van der Waals surface area contributed by atoms with E-state index in [-0.39, 0.29) is 24.3 Å². The van der Waals surface area contributed by atoms with Crippen LogP contribution in [-0.2, 0) is 34.2 Å². The van der Waals surface area contributed by atoms with E-state index in [4.69, 9.17) is 4.74 Å². The van der Waals surface area contributed by atoms with Gasteiger partial charge in [0.15, 0.2) is 0 Å². The summed E-state index contributed by atoms with van der Waals surface area (Å²) in [6.07, 6.45) is 0. The van der Waals surface area contributed by atoms with Gasteiger partial charge in [0.2, 0.25) is 23.6 Å². The molecule has 4 aliphatic rings. The molecule has 0 radical (unpaired) electrons. The number of hydrogen-bond acceptors (Lipinski definition) is 7. The average Bonchev–Trinajstić information content (AvgIpc) is 3.48. The second kappa shape index (κ2) is 9.28. The molecule has 3 saturated heterocycles. The predicted molar refractivity (Wildman–Crippen MR) is 141 cm³/mol. The van der Waals surface area contributed by atoms with E-state index in [0.29, 0.717) is 48.9 Å². The molecule has 0 unspecified atom stereocenters. The number of nitrogens with zero attached hydrogens (tertiary/aromatic N) is 3. The zero-order valence-electron chi connectivity index (χ0n) is 21.7. The number of carbonyl (C=O) groups excluding carboxylic acids is 5. The van der Waals surface area contributed by atoms with E-state index in [1.54, 1.807) is 60.4 Å². The molecule has 11 nitrogen and oxygen atoms in total. The number of imide groups is 1. The summed E-state index contributed by atoms with van der Waals surface area (Å²) < 4.78 is 5.35. The van der Waals surface area contributed by atoms with Crippen molar-refractivity contribution in [3.8, 4) is 0 Å². The van der Waals surface area contributed by atoms with Crippen LogP contribution in [0.3, 0.4) is 0 Å². The molecular weight excluding hydrogens is 502 g/mol. The molecule has 2 aromatic carbocycles. The minimum Gasteiger partial charge on any atom is -0.378 e. The van der Waals surface area contributed by atoms with Crippen molar-refractivity contribution in [1.82, 2.24) is 10.2 Å². The largest absolute Gasteiger partial charge is 0.378 e. The lowest BCUT2D eigenvalue weighted by Gasteiger charge is -2.31. The van der Waals surface area contributed by atoms with Crippen LogP contribution < -0.4 is 20.4 Å². The fourth-order valence-electron chi connectivity index (χ4n) is 6.47. The van der Waals surface area contributed by atoms with Gasteiger partial charge in [-0.25, -0.2) is 4.90 Å². The minimum absolute atomic E-state index is 0.165. The van der Waals surface area contributed by atoms with Gasteiger partial charge >= 0.3 is 0 Å². The first-order valence-corrected chi connectivity index (χ1v) is 13.0. The highest BCUT2D eigenvalue weighted by Gasteiger charge is 2.71. The van der Waals surface area contributed by atoms with Crippen molar-refractivity contribution in [3.05, 3.63) is 54.1 Å². The number of hydrogen-bond donors (Lipinski definition) is 2. The topological polar surface area (TPSA) is 128 Å². The van der Waals surface area contributed by atoms with Gasteiger partial charge in [-0.1, -0.05) is 18.2 Å². The number of rotatable bonds is 4. The molecule has 39 heavy (non-hydrogen) atoms. The van der Waals surface area contributed by atoms with Gasteiger partial charge in [-0.3, -0.25) is 29.3 Å². The zero-order chi connectivity index (χ0) is 27.5. The van der Waals surface area contributed by atoms with Crippen molar-refractivity contribution in [1.29, 1.82) is 0 Å². The van der Waals surface area contributed by atoms with Crippen LogP contribution in [0.15, 0.2) is 48.5 Å². The molecule has 0 aliphatic carbocycles. The zero-order valence-corrected chi connectivity index (χ0v) is 21.7. The Balaban J connectivity index is 1.36. The van der Waals surface area contributed by atoms with Crippen LogP contribution in [-0.4, -0.2) is 73.3 Å². The highest BCUT2D eigenvalue weighted by Crippen LogP contribution is 2.55. The first kappa shape index (κ1) is 25.2. The second-order valence-corrected chi connectivity index (χ2v) is 10.4. The molecule has 4 atom stereocenters. The van der Waals surface area contributed by atoms with Crippen LogP contribution in [0.25, 0.3) is 0 Å². The Labute approximate surface area is 225 Å². The van der Waals surface area contributed by atoms with Crippen LogP contribution in [0.2, 0.25) is 0 Å². The first-order chi connectivity index (χ1) is 18.7. The summed E-state index contributed by atoms with van der Waals surface area (Å²) in [4.78, 5) is 70.8. The summed E-state index contributed by atoms with van der Waals surface area (Å²) in [6, 6.07) is 13.1. The van der Waals surface area contributed by atoms with E-state index in [1.165, 1.54) is 11.8 Å². The van der Waals surface area contributed by atoms with E-state index in [0.717, 1.165) is 4.90 Å². The molecule has 11 heteroatoms. The highest BCUT2D eigenvalue weighted by atomic mass is 16.5. The maximum Gasteiger partial charge on any atom is 0.253 e. The van der Waals surface area contributed by atoms with E-state index in [1.807, 2.05) is 0 Å². The van der Waals surface area contributed by atoms with Gasteiger partial charge < -0.3 is 19.9 Å². The summed E-state index contributed by atoms with van der Waals surface area (Å²) in [7, 11) is 0. The van der Waals surface area contributed by atoms with Crippen molar-refractivity contribution < 1.29 is 28.7 Å². The maximum atomic E-state index is 14.3. The minimum atomic E-state index is -1.47. The quantitative estimate of drug-likeness (QED) is 0.560. The molecule has 0 aromatic heterocycles. The molecule has 2 N–H and O–H groups in total. The first-order valence-electron chi connectivity index (χ1n) is 13.0.